The molecular weight excluding hydrogens is 272 g/mol. The zero-order valence-corrected chi connectivity index (χ0v) is 14.0. The van der Waals surface area contributed by atoms with Crippen molar-refractivity contribution in [3.63, 3.8) is 0 Å². The number of allylic oxidation sites excluding steroid dienone is 1. The van der Waals surface area contributed by atoms with Crippen molar-refractivity contribution in [3.8, 4) is 11.1 Å². The van der Waals surface area contributed by atoms with Crippen LogP contribution in [0.4, 0.5) is 0 Å². The molecule has 0 heterocycles. The van der Waals surface area contributed by atoms with Gasteiger partial charge in [0.2, 0.25) is 8.32 Å². The lowest BCUT2D eigenvalue weighted by Crippen LogP contribution is -2.23. The maximum absolute atomic E-state index is 5.81. The van der Waals surface area contributed by atoms with Gasteiger partial charge in [0.1, 0.15) is 0 Å². The molecule has 2 heteroatoms. The molecule has 0 bridgehead atoms. The summed E-state index contributed by atoms with van der Waals surface area (Å²) in [6.45, 7) is 10.4. The average Bonchev–Trinajstić information content (AvgIpc) is 2.45. The maximum Gasteiger partial charge on any atom is 0.242 e. The highest BCUT2D eigenvalue weighted by Gasteiger charge is 2.15. The molecule has 2 rings (SSSR count). The van der Waals surface area contributed by atoms with Crippen LogP contribution in [0.15, 0.2) is 73.0 Å². The van der Waals surface area contributed by atoms with E-state index in [9.17, 15) is 0 Å². The van der Waals surface area contributed by atoms with Gasteiger partial charge in [0.05, 0.1) is 5.76 Å². The van der Waals surface area contributed by atoms with Crippen LogP contribution >= 0.6 is 0 Å². The van der Waals surface area contributed by atoms with Gasteiger partial charge in [-0.15, -0.1) is 0 Å². The van der Waals surface area contributed by atoms with Gasteiger partial charge in [0.15, 0.2) is 0 Å². The van der Waals surface area contributed by atoms with Crippen molar-refractivity contribution in [2.24, 2.45) is 0 Å². The summed E-state index contributed by atoms with van der Waals surface area (Å²) in [6.07, 6.45) is 3.98. The van der Waals surface area contributed by atoms with Crippen molar-refractivity contribution >= 4 is 14.4 Å². The third-order valence-corrected chi connectivity index (χ3v) is 3.79. The second-order valence-corrected chi connectivity index (χ2v) is 10.4. The van der Waals surface area contributed by atoms with E-state index in [4.69, 9.17) is 4.43 Å². The summed E-state index contributed by atoms with van der Waals surface area (Å²) in [4.78, 5) is 0. The molecule has 0 radical (unpaired) electrons. The van der Waals surface area contributed by atoms with Crippen molar-refractivity contribution in [1.29, 1.82) is 0 Å². The number of hydrogen-bond donors (Lipinski definition) is 0. The first-order valence-corrected chi connectivity index (χ1v) is 10.6. The van der Waals surface area contributed by atoms with Crippen LogP contribution in [0.2, 0.25) is 19.6 Å². The number of hydrogen-bond acceptors (Lipinski definition) is 1. The van der Waals surface area contributed by atoms with Crippen molar-refractivity contribution in [2.75, 3.05) is 0 Å². The van der Waals surface area contributed by atoms with Crippen LogP contribution in [-0.4, -0.2) is 8.32 Å². The topological polar surface area (TPSA) is 9.23 Å². The lowest BCUT2D eigenvalue weighted by Gasteiger charge is -2.18. The highest BCUT2D eigenvalue weighted by Crippen LogP contribution is 2.20. The van der Waals surface area contributed by atoms with Crippen LogP contribution in [0.25, 0.3) is 17.2 Å². The minimum atomic E-state index is -1.56. The second kappa shape index (κ2) is 6.59. The zero-order valence-electron chi connectivity index (χ0n) is 13.0. The summed E-state index contributed by atoms with van der Waals surface area (Å²) in [5.41, 5.74) is 3.61. The van der Waals surface area contributed by atoms with Gasteiger partial charge >= 0.3 is 0 Å². The van der Waals surface area contributed by atoms with E-state index in [1.165, 1.54) is 11.1 Å². The molecule has 0 saturated carbocycles. The van der Waals surface area contributed by atoms with E-state index in [0.717, 1.165) is 11.3 Å². The number of rotatable bonds is 5. The summed E-state index contributed by atoms with van der Waals surface area (Å²) in [5, 5.41) is 0. The Bertz CT molecular complexity index is 619. The van der Waals surface area contributed by atoms with Gasteiger partial charge in [-0.1, -0.05) is 67.3 Å². The number of benzene rings is 2. The third kappa shape index (κ3) is 5.08. The van der Waals surface area contributed by atoms with Crippen molar-refractivity contribution in [2.45, 2.75) is 19.6 Å². The molecule has 0 amide bonds. The third-order valence-electron chi connectivity index (χ3n) is 2.92. The Hall–Kier alpha value is -2.06. The Labute approximate surface area is 128 Å². The van der Waals surface area contributed by atoms with Gasteiger partial charge in [0.25, 0.3) is 0 Å². The van der Waals surface area contributed by atoms with Crippen molar-refractivity contribution in [3.05, 3.63) is 78.6 Å². The molecule has 0 fully saturated rings. The van der Waals surface area contributed by atoms with Crippen LogP contribution < -0.4 is 0 Å². The molecule has 108 valence electrons. The Balaban J connectivity index is 2.05. The van der Waals surface area contributed by atoms with E-state index in [1.807, 2.05) is 18.2 Å². The molecule has 0 aliphatic carbocycles. The quantitative estimate of drug-likeness (QED) is 0.388. The van der Waals surface area contributed by atoms with E-state index in [-0.39, 0.29) is 0 Å². The molecule has 0 N–H and O–H groups in total. The fraction of sp³-hybridized carbons (Fsp3) is 0.158. The molecule has 0 aliphatic heterocycles. The van der Waals surface area contributed by atoms with Crippen LogP contribution in [-0.2, 0) is 4.43 Å². The molecule has 0 unspecified atom stereocenters. The van der Waals surface area contributed by atoms with Gasteiger partial charge in [-0.3, -0.25) is 0 Å². The fourth-order valence-electron chi connectivity index (χ4n) is 2.03. The Morgan fingerprint density at radius 1 is 0.905 bits per heavy atom. The Morgan fingerprint density at radius 2 is 1.48 bits per heavy atom. The monoisotopic (exact) mass is 294 g/mol. The predicted octanol–water partition coefficient (Wildman–Crippen LogP) is 5.73. The Kier molecular flexibility index (Phi) is 4.81. The Morgan fingerprint density at radius 3 is 2.05 bits per heavy atom. The lowest BCUT2D eigenvalue weighted by atomic mass is 10.0. The van der Waals surface area contributed by atoms with Crippen molar-refractivity contribution < 1.29 is 4.43 Å². The molecule has 21 heavy (non-hydrogen) atoms. The van der Waals surface area contributed by atoms with E-state index in [0.29, 0.717) is 0 Å². The first kappa shape index (κ1) is 15.3. The minimum absolute atomic E-state index is 0.737. The standard InChI is InChI=1S/C19H22OSi/c1-16(20-21(2,3)4)10-11-17-12-14-19(15-13-17)18-8-6-5-7-9-18/h5-15H,1H2,2-4H3/b11-10+. The van der Waals surface area contributed by atoms with E-state index >= 15 is 0 Å². The zero-order chi connectivity index (χ0) is 15.3. The summed E-state index contributed by atoms with van der Waals surface area (Å²) in [7, 11) is -1.56. The van der Waals surface area contributed by atoms with Gasteiger partial charge < -0.3 is 4.43 Å². The van der Waals surface area contributed by atoms with Crippen LogP contribution in [0.3, 0.4) is 0 Å². The molecule has 0 spiro atoms. The normalized spacial score (nSPS) is 11.6. The van der Waals surface area contributed by atoms with Crippen LogP contribution in [0, 0.1) is 0 Å². The SMILES string of the molecule is C=C(/C=C/c1ccc(-c2ccccc2)cc1)O[Si](C)(C)C. The summed E-state index contributed by atoms with van der Waals surface area (Å²) < 4.78 is 5.81. The summed E-state index contributed by atoms with van der Waals surface area (Å²) >= 11 is 0. The highest BCUT2D eigenvalue weighted by molar-refractivity contribution is 6.70. The van der Waals surface area contributed by atoms with Crippen LogP contribution in [0.5, 0.6) is 0 Å². The van der Waals surface area contributed by atoms with E-state index < -0.39 is 8.32 Å². The summed E-state index contributed by atoms with van der Waals surface area (Å²) in [6, 6.07) is 18.9. The van der Waals surface area contributed by atoms with Crippen molar-refractivity contribution in [1.82, 2.24) is 0 Å². The molecule has 2 aromatic rings. The largest absolute Gasteiger partial charge is 0.545 e. The van der Waals surface area contributed by atoms with Gasteiger partial charge in [-0.05, 0) is 42.4 Å². The van der Waals surface area contributed by atoms with Crippen LogP contribution in [0.1, 0.15) is 5.56 Å². The summed E-state index contributed by atoms with van der Waals surface area (Å²) in [5.74, 6) is 0.737. The molecule has 1 nitrogen and oxygen atoms in total. The predicted molar refractivity (Wildman–Crippen MR) is 94.5 cm³/mol. The molecule has 0 aromatic heterocycles. The maximum atomic E-state index is 5.81. The average molecular weight is 294 g/mol. The molecule has 0 saturated heterocycles. The smallest absolute Gasteiger partial charge is 0.242 e. The van der Waals surface area contributed by atoms with E-state index in [1.54, 1.807) is 0 Å². The van der Waals surface area contributed by atoms with E-state index in [2.05, 4.69) is 74.8 Å². The lowest BCUT2D eigenvalue weighted by molar-refractivity contribution is 0.445. The molecular formula is C19H22OSi. The first-order chi connectivity index (χ1) is 9.94. The second-order valence-electron chi connectivity index (χ2n) is 6.00. The fourth-order valence-corrected chi connectivity index (χ4v) is 2.89. The molecule has 2 aromatic carbocycles. The van der Waals surface area contributed by atoms with Gasteiger partial charge in [-0.2, -0.15) is 0 Å². The van der Waals surface area contributed by atoms with Gasteiger partial charge in [0, 0.05) is 0 Å². The van der Waals surface area contributed by atoms with Gasteiger partial charge in [-0.25, -0.2) is 0 Å². The first-order valence-electron chi connectivity index (χ1n) is 7.15. The molecule has 0 atom stereocenters. The molecule has 0 aliphatic rings. The highest BCUT2D eigenvalue weighted by atomic mass is 28.4. The minimum Gasteiger partial charge on any atom is -0.545 e.